The lowest BCUT2D eigenvalue weighted by atomic mass is 10.2. The number of aliphatic hydroxyl groups excluding tert-OH is 1. The highest BCUT2D eigenvalue weighted by Crippen LogP contribution is 2.28. The quantitative estimate of drug-likeness (QED) is 0.522. The minimum atomic E-state index is -0.484. The lowest BCUT2D eigenvalue weighted by Gasteiger charge is -2.30. The molecule has 10 nitrogen and oxygen atoms in total. The van der Waals surface area contributed by atoms with E-state index in [1.807, 2.05) is 0 Å². The van der Waals surface area contributed by atoms with Crippen LogP contribution in [0.5, 0.6) is 17.2 Å². The van der Waals surface area contributed by atoms with Crippen molar-refractivity contribution in [1.29, 1.82) is 0 Å². The fraction of sp³-hybridized carbons (Fsp3) is 0.292. The molecule has 1 aliphatic rings. The third-order valence-corrected chi connectivity index (χ3v) is 5.09. The van der Waals surface area contributed by atoms with Gasteiger partial charge in [0, 0.05) is 24.7 Å². The van der Waals surface area contributed by atoms with E-state index in [1.165, 1.54) is 12.4 Å². The third kappa shape index (κ3) is 5.65. The molecule has 34 heavy (non-hydrogen) atoms. The number of hydrogen-bond donors (Lipinski definition) is 2. The first-order valence-corrected chi connectivity index (χ1v) is 10.9. The lowest BCUT2D eigenvalue weighted by molar-refractivity contribution is 0.0645. The van der Waals surface area contributed by atoms with E-state index in [4.69, 9.17) is 9.47 Å². The Balaban J connectivity index is 1.54. The van der Waals surface area contributed by atoms with Crippen molar-refractivity contribution in [2.45, 2.75) is 26.4 Å². The number of hydrogen-bond acceptors (Lipinski definition) is 8. The summed E-state index contributed by atoms with van der Waals surface area (Å²) in [5, 5.41) is 12.0. The Hall–Kier alpha value is -4.05. The van der Waals surface area contributed by atoms with Gasteiger partial charge in [-0.15, -0.1) is 0 Å². The van der Waals surface area contributed by atoms with Crippen molar-refractivity contribution in [3.05, 3.63) is 65.9 Å². The van der Waals surface area contributed by atoms with Gasteiger partial charge in [-0.05, 0) is 44.5 Å². The van der Waals surface area contributed by atoms with Crippen LogP contribution in [0.4, 0.5) is 5.82 Å². The lowest BCUT2D eigenvalue weighted by Crippen LogP contribution is -2.42. The Morgan fingerprint density at radius 2 is 1.85 bits per heavy atom. The Labute approximate surface area is 196 Å². The molecule has 1 unspecified atom stereocenters. The van der Waals surface area contributed by atoms with Crippen LogP contribution in [0.1, 0.15) is 39.9 Å². The average molecular weight is 463 g/mol. The highest BCUT2D eigenvalue weighted by Gasteiger charge is 2.22. The van der Waals surface area contributed by atoms with Crippen LogP contribution in [0.3, 0.4) is 0 Å². The molecule has 2 aromatic heterocycles. The molecule has 0 bridgehead atoms. The van der Waals surface area contributed by atoms with E-state index >= 15 is 0 Å². The number of anilines is 1. The summed E-state index contributed by atoms with van der Waals surface area (Å²) in [7, 11) is 0. The van der Waals surface area contributed by atoms with Crippen LogP contribution >= 0.6 is 0 Å². The van der Waals surface area contributed by atoms with E-state index in [1.54, 1.807) is 55.3 Å². The fourth-order valence-electron chi connectivity index (χ4n) is 3.13. The maximum atomic E-state index is 12.8. The van der Waals surface area contributed by atoms with E-state index in [0.29, 0.717) is 28.8 Å². The molecule has 0 spiro atoms. The van der Waals surface area contributed by atoms with Crippen molar-refractivity contribution in [1.82, 2.24) is 19.9 Å². The van der Waals surface area contributed by atoms with Gasteiger partial charge in [-0.1, -0.05) is 0 Å². The molecular formula is C24H25N5O5. The van der Waals surface area contributed by atoms with Gasteiger partial charge in [0.15, 0.2) is 5.82 Å². The Morgan fingerprint density at radius 1 is 1.06 bits per heavy atom. The van der Waals surface area contributed by atoms with Gasteiger partial charge in [0.05, 0.1) is 30.9 Å². The van der Waals surface area contributed by atoms with Gasteiger partial charge in [0.2, 0.25) is 0 Å². The number of benzene rings is 1. The normalized spacial score (nSPS) is 13.6. The minimum Gasteiger partial charge on any atom is -0.488 e. The predicted molar refractivity (Wildman–Crippen MR) is 123 cm³/mol. The summed E-state index contributed by atoms with van der Waals surface area (Å²) in [5.74, 6) is 0.828. The minimum absolute atomic E-state index is 0.107. The third-order valence-electron chi connectivity index (χ3n) is 5.09. The highest BCUT2D eigenvalue weighted by atomic mass is 16.5. The fourth-order valence-corrected chi connectivity index (χ4v) is 3.13. The predicted octanol–water partition coefficient (Wildman–Crippen LogP) is 2.83. The van der Waals surface area contributed by atoms with Crippen molar-refractivity contribution >= 4 is 17.6 Å². The monoisotopic (exact) mass is 463 g/mol. The Morgan fingerprint density at radius 3 is 2.47 bits per heavy atom. The summed E-state index contributed by atoms with van der Waals surface area (Å²) < 4.78 is 11.6. The summed E-state index contributed by atoms with van der Waals surface area (Å²) >= 11 is 0. The zero-order valence-corrected chi connectivity index (χ0v) is 18.9. The summed E-state index contributed by atoms with van der Waals surface area (Å²) in [6.45, 7) is 4.80. The average Bonchev–Trinajstić information content (AvgIpc) is 2.79. The van der Waals surface area contributed by atoms with Crippen molar-refractivity contribution in [3.63, 3.8) is 0 Å². The second kappa shape index (κ2) is 10.3. The largest absolute Gasteiger partial charge is 0.488 e. The highest BCUT2D eigenvalue weighted by molar-refractivity contribution is 6.04. The number of likely N-dealkylation sites (tertiary alicyclic amines) is 1. The SMILES string of the molecule is Cc1cnc(NC(=O)c2cc(Oc3ccc(C(=O)N4CCC4)nc3)cc(OC(C)CO)c2)cn1. The molecule has 1 aromatic carbocycles. The molecule has 1 fully saturated rings. The molecule has 0 aliphatic carbocycles. The first-order valence-electron chi connectivity index (χ1n) is 10.9. The van der Waals surface area contributed by atoms with E-state index in [-0.39, 0.29) is 18.1 Å². The van der Waals surface area contributed by atoms with Crippen molar-refractivity contribution < 1.29 is 24.2 Å². The number of rotatable bonds is 8. The van der Waals surface area contributed by atoms with Crippen LogP contribution in [0.15, 0.2) is 48.9 Å². The summed E-state index contributed by atoms with van der Waals surface area (Å²) in [6, 6.07) is 7.95. The van der Waals surface area contributed by atoms with Crippen LogP contribution in [-0.4, -0.2) is 62.6 Å². The number of carbonyl (C=O) groups is 2. The van der Waals surface area contributed by atoms with Crippen LogP contribution < -0.4 is 14.8 Å². The maximum Gasteiger partial charge on any atom is 0.272 e. The molecule has 176 valence electrons. The summed E-state index contributed by atoms with van der Waals surface area (Å²) in [5.41, 5.74) is 1.34. The number of aliphatic hydroxyl groups is 1. The molecule has 1 aliphatic heterocycles. The molecule has 0 radical (unpaired) electrons. The van der Waals surface area contributed by atoms with Crippen LogP contribution in [0.25, 0.3) is 0 Å². The van der Waals surface area contributed by atoms with E-state index in [0.717, 1.165) is 25.2 Å². The second-order valence-corrected chi connectivity index (χ2v) is 7.93. The topological polar surface area (TPSA) is 127 Å². The van der Waals surface area contributed by atoms with Gasteiger partial charge in [-0.3, -0.25) is 14.6 Å². The molecule has 10 heteroatoms. The molecule has 1 saturated heterocycles. The zero-order valence-electron chi connectivity index (χ0n) is 18.9. The number of ether oxygens (including phenoxy) is 2. The standard InChI is InChI=1S/C24H25N5O5/c1-15-11-27-22(13-25-15)28-23(31)17-8-19(33-16(2)14-30)10-20(9-17)34-18-4-5-21(26-12-18)24(32)29-6-3-7-29/h4-5,8-13,16,30H,3,6-7,14H2,1-2H3,(H,27,28,31). The smallest absolute Gasteiger partial charge is 0.272 e. The van der Waals surface area contributed by atoms with Crippen molar-refractivity contribution in [2.75, 3.05) is 25.0 Å². The van der Waals surface area contributed by atoms with E-state index in [9.17, 15) is 14.7 Å². The number of aryl methyl sites for hydroxylation is 1. The number of nitrogens with one attached hydrogen (secondary N) is 1. The van der Waals surface area contributed by atoms with Crippen LogP contribution in [0.2, 0.25) is 0 Å². The maximum absolute atomic E-state index is 12.8. The van der Waals surface area contributed by atoms with E-state index in [2.05, 4.69) is 20.3 Å². The molecule has 4 rings (SSSR count). The van der Waals surface area contributed by atoms with Crippen molar-refractivity contribution in [2.24, 2.45) is 0 Å². The number of carbonyl (C=O) groups excluding carboxylic acids is 2. The number of pyridine rings is 1. The molecular weight excluding hydrogens is 438 g/mol. The van der Waals surface area contributed by atoms with Gasteiger partial charge in [0.25, 0.3) is 11.8 Å². The Kier molecular flexibility index (Phi) is 6.98. The van der Waals surface area contributed by atoms with E-state index < -0.39 is 12.0 Å². The summed E-state index contributed by atoms with van der Waals surface area (Å²) in [4.78, 5) is 39.3. The molecule has 1 atom stereocenters. The molecule has 2 amide bonds. The van der Waals surface area contributed by atoms with Gasteiger partial charge in [-0.2, -0.15) is 0 Å². The van der Waals surface area contributed by atoms with Crippen molar-refractivity contribution in [3.8, 4) is 17.2 Å². The van der Waals surface area contributed by atoms with Gasteiger partial charge >= 0.3 is 0 Å². The van der Waals surface area contributed by atoms with Gasteiger partial charge in [0.1, 0.15) is 29.0 Å². The first kappa shape index (κ1) is 23.1. The first-order chi connectivity index (χ1) is 16.4. The number of aromatic nitrogens is 3. The molecule has 0 saturated carbocycles. The number of nitrogens with zero attached hydrogens (tertiary/aromatic N) is 4. The van der Waals surface area contributed by atoms with Crippen LogP contribution in [-0.2, 0) is 0 Å². The molecule has 2 N–H and O–H groups in total. The van der Waals surface area contributed by atoms with Gasteiger partial charge < -0.3 is 24.8 Å². The van der Waals surface area contributed by atoms with Gasteiger partial charge in [-0.25, -0.2) is 9.97 Å². The second-order valence-electron chi connectivity index (χ2n) is 7.93. The zero-order chi connectivity index (χ0) is 24.1. The Bertz CT molecular complexity index is 1160. The molecule has 3 heterocycles. The van der Waals surface area contributed by atoms with Crippen LogP contribution in [0, 0.1) is 6.92 Å². The number of amides is 2. The molecule has 3 aromatic rings. The summed E-state index contributed by atoms with van der Waals surface area (Å²) in [6.07, 6.45) is 5.00.